The zero-order chi connectivity index (χ0) is 21.5. The van der Waals surface area contributed by atoms with Crippen molar-refractivity contribution in [1.29, 1.82) is 0 Å². The number of amides is 1. The summed E-state index contributed by atoms with van der Waals surface area (Å²) in [5, 5.41) is 3.76. The zero-order valence-electron chi connectivity index (χ0n) is 16.4. The molecule has 1 aliphatic rings. The number of alkyl halides is 3. The SMILES string of the molecule is Cc1ccc2c(Br)cn(-c3ccc(C(F)(F)F)cc3CCCNC(=O)C3CC3)c2n1. The Morgan fingerprint density at radius 3 is 2.73 bits per heavy atom. The first-order valence-corrected chi connectivity index (χ1v) is 10.7. The molecular weight excluding hydrogens is 459 g/mol. The minimum absolute atomic E-state index is 0.0410. The van der Waals surface area contributed by atoms with Gasteiger partial charge in [-0.2, -0.15) is 13.2 Å². The number of fused-ring (bicyclic) bond motifs is 1. The summed E-state index contributed by atoms with van der Waals surface area (Å²) in [6, 6.07) is 7.64. The summed E-state index contributed by atoms with van der Waals surface area (Å²) >= 11 is 3.52. The number of carbonyl (C=O) groups excluding carboxylic acids is 1. The van der Waals surface area contributed by atoms with E-state index in [0.717, 1.165) is 34.5 Å². The van der Waals surface area contributed by atoms with Gasteiger partial charge in [0.1, 0.15) is 5.65 Å². The maximum Gasteiger partial charge on any atom is 0.416 e. The van der Waals surface area contributed by atoms with Crippen molar-refractivity contribution in [3.63, 3.8) is 0 Å². The standard InChI is InChI=1S/C22H21BrF3N3O/c1-13-4-8-17-18(23)12-29(20(17)28-13)19-9-7-16(22(24,25)26)11-15(19)3-2-10-27-21(30)14-5-6-14/h4,7-9,11-12,14H,2-3,5-6,10H2,1H3,(H,27,30). The molecule has 0 saturated heterocycles. The fourth-order valence-corrected chi connectivity index (χ4v) is 4.03. The van der Waals surface area contributed by atoms with Crippen LogP contribution in [0.2, 0.25) is 0 Å². The molecule has 0 radical (unpaired) electrons. The van der Waals surface area contributed by atoms with E-state index in [9.17, 15) is 18.0 Å². The Morgan fingerprint density at radius 1 is 1.27 bits per heavy atom. The summed E-state index contributed by atoms with van der Waals surface area (Å²) in [5.74, 6) is 0.159. The third-order valence-electron chi connectivity index (χ3n) is 5.28. The van der Waals surface area contributed by atoms with Gasteiger partial charge in [0, 0.05) is 34.2 Å². The van der Waals surface area contributed by atoms with E-state index in [2.05, 4.69) is 26.2 Å². The van der Waals surface area contributed by atoms with E-state index in [1.807, 2.05) is 29.8 Å². The predicted octanol–water partition coefficient (Wildman–Crippen LogP) is 5.57. The van der Waals surface area contributed by atoms with Gasteiger partial charge in [-0.1, -0.05) is 0 Å². The predicted molar refractivity (Wildman–Crippen MR) is 113 cm³/mol. The van der Waals surface area contributed by atoms with E-state index >= 15 is 0 Å². The lowest BCUT2D eigenvalue weighted by atomic mass is 10.0. The Balaban J connectivity index is 1.66. The van der Waals surface area contributed by atoms with Gasteiger partial charge in [-0.25, -0.2) is 4.98 Å². The molecule has 1 aromatic carbocycles. The van der Waals surface area contributed by atoms with Crippen LogP contribution in [0.1, 0.15) is 36.1 Å². The molecule has 1 aliphatic carbocycles. The van der Waals surface area contributed by atoms with Crippen molar-refractivity contribution in [2.75, 3.05) is 6.54 Å². The molecule has 1 amide bonds. The van der Waals surface area contributed by atoms with Gasteiger partial charge in [-0.3, -0.25) is 9.36 Å². The average Bonchev–Trinajstić information content (AvgIpc) is 3.49. The van der Waals surface area contributed by atoms with E-state index in [1.165, 1.54) is 12.1 Å². The molecule has 1 fully saturated rings. The molecule has 0 spiro atoms. The molecule has 4 nitrogen and oxygen atoms in total. The number of carbonyl (C=O) groups is 1. The third-order valence-corrected chi connectivity index (χ3v) is 5.91. The monoisotopic (exact) mass is 479 g/mol. The summed E-state index contributed by atoms with van der Waals surface area (Å²) in [4.78, 5) is 16.4. The molecule has 8 heteroatoms. The number of pyridine rings is 1. The average molecular weight is 480 g/mol. The summed E-state index contributed by atoms with van der Waals surface area (Å²) in [6.07, 6.45) is 0.226. The van der Waals surface area contributed by atoms with E-state index in [4.69, 9.17) is 0 Å². The van der Waals surface area contributed by atoms with Crippen LogP contribution in [0.15, 0.2) is 41.0 Å². The van der Waals surface area contributed by atoms with Gasteiger partial charge in [-0.15, -0.1) is 0 Å². The molecule has 0 bridgehead atoms. The van der Waals surface area contributed by atoms with E-state index in [0.29, 0.717) is 36.3 Å². The van der Waals surface area contributed by atoms with Crippen molar-refractivity contribution in [3.05, 3.63) is 57.8 Å². The first-order valence-electron chi connectivity index (χ1n) is 9.86. The molecule has 158 valence electrons. The lowest BCUT2D eigenvalue weighted by Crippen LogP contribution is -2.26. The zero-order valence-corrected chi connectivity index (χ0v) is 18.0. The second kappa shape index (κ2) is 8.06. The number of nitrogens with one attached hydrogen (secondary N) is 1. The Morgan fingerprint density at radius 2 is 2.03 bits per heavy atom. The minimum atomic E-state index is -4.42. The van der Waals surface area contributed by atoms with Gasteiger partial charge >= 0.3 is 6.18 Å². The smallest absolute Gasteiger partial charge is 0.356 e. The van der Waals surface area contributed by atoms with Crippen LogP contribution in [0.3, 0.4) is 0 Å². The quantitative estimate of drug-likeness (QED) is 0.469. The molecular formula is C22H21BrF3N3O. The van der Waals surface area contributed by atoms with E-state index in [1.54, 1.807) is 0 Å². The fourth-order valence-electron chi connectivity index (χ4n) is 3.52. The molecule has 2 aromatic heterocycles. The molecule has 1 saturated carbocycles. The Bertz CT molecular complexity index is 1100. The molecule has 4 rings (SSSR count). The Labute approximate surface area is 180 Å². The summed E-state index contributed by atoms with van der Waals surface area (Å²) < 4.78 is 42.6. The van der Waals surface area contributed by atoms with Crippen LogP contribution in [0.25, 0.3) is 16.7 Å². The molecule has 1 N–H and O–H groups in total. The van der Waals surface area contributed by atoms with Crippen LogP contribution < -0.4 is 5.32 Å². The number of hydrogen-bond acceptors (Lipinski definition) is 2. The van der Waals surface area contributed by atoms with Crippen molar-refractivity contribution in [2.24, 2.45) is 5.92 Å². The van der Waals surface area contributed by atoms with Gasteiger partial charge < -0.3 is 5.32 Å². The van der Waals surface area contributed by atoms with Crippen LogP contribution >= 0.6 is 15.9 Å². The Hall–Kier alpha value is -2.35. The molecule has 2 heterocycles. The number of halogens is 4. The van der Waals surface area contributed by atoms with Gasteiger partial charge in [0.25, 0.3) is 0 Å². The summed E-state index contributed by atoms with van der Waals surface area (Å²) in [7, 11) is 0. The highest BCUT2D eigenvalue weighted by Gasteiger charge is 2.31. The van der Waals surface area contributed by atoms with Gasteiger partial charge in [0.05, 0.1) is 11.3 Å². The van der Waals surface area contributed by atoms with Crippen LogP contribution in [-0.2, 0) is 17.4 Å². The Kier molecular flexibility index (Phi) is 5.61. The number of hydrogen-bond donors (Lipinski definition) is 1. The first kappa shape index (κ1) is 20.9. The van der Waals surface area contributed by atoms with E-state index in [-0.39, 0.29) is 11.8 Å². The van der Waals surface area contributed by atoms with Crippen LogP contribution in [-0.4, -0.2) is 22.0 Å². The fraction of sp³-hybridized carbons (Fsp3) is 0.364. The number of nitrogens with zero attached hydrogens (tertiary/aromatic N) is 2. The number of benzene rings is 1. The largest absolute Gasteiger partial charge is 0.416 e. The van der Waals surface area contributed by atoms with Crippen molar-refractivity contribution in [1.82, 2.24) is 14.9 Å². The summed E-state index contributed by atoms with van der Waals surface area (Å²) in [5.41, 5.74) is 2.06. The van der Waals surface area contributed by atoms with Gasteiger partial charge in [-0.05, 0) is 84.4 Å². The molecule has 30 heavy (non-hydrogen) atoms. The minimum Gasteiger partial charge on any atom is -0.356 e. The van der Waals surface area contributed by atoms with E-state index < -0.39 is 11.7 Å². The van der Waals surface area contributed by atoms with Crippen molar-refractivity contribution < 1.29 is 18.0 Å². The normalized spacial score (nSPS) is 14.3. The second-order valence-corrected chi connectivity index (χ2v) is 8.54. The van der Waals surface area contributed by atoms with Crippen LogP contribution in [0.5, 0.6) is 0 Å². The lowest BCUT2D eigenvalue weighted by molar-refractivity contribution is -0.137. The van der Waals surface area contributed by atoms with Crippen molar-refractivity contribution in [2.45, 2.75) is 38.8 Å². The van der Waals surface area contributed by atoms with Crippen LogP contribution in [0.4, 0.5) is 13.2 Å². The molecule has 3 aromatic rings. The highest BCUT2D eigenvalue weighted by Crippen LogP contribution is 2.34. The number of rotatable bonds is 6. The highest BCUT2D eigenvalue weighted by atomic mass is 79.9. The van der Waals surface area contributed by atoms with Gasteiger partial charge in [0.15, 0.2) is 0 Å². The van der Waals surface area contributed by atoms with Crippen LogP contribution in [0, 0.1) is 12.8 Å². The van der Waals surface area contributed by atoms with Gasteiger partial charge in [0.2, 0.25) is 5.91 Å². The molecule has 0 aliphatic heterocycles. The molecule has 0 unspecified atom stereocenters. The maximum atomic E-state index is 13.3. The second-order valence-electron chi connectivity index (χ2n) is 7.68. The number of aromatic nitrogens is 2. The topological polar surface area (TPSA) is 46.9 Å². The number of aryl methyl sites for hydroxylation is 2. The van der Waals surface area contributed by atoms with Crippen molar-refractivity contribution in [3.8, 4) is 5.69 Å². The third kappa shape index (κ3) is 4.38. The lowest BCUT2D eigenvalue weighted by Gasteiger charge is -2.15. The highest BCUT2D eigenvalue weighted by molar-refractivity contribution is 9.10. The summed E-state index contributed by atoms with van der Waals surface area (Å²) in [6.45, 7) is 2.32. The van der Waals surface area contributed by atoms with Crippen molar-refractivity contribution >= 4 is 32.9 Å². The maximum absolute atomic E-state index is 13.3. The first-order chi connectivity index (χ1) is 14.2. The molecule has 0 atom stereocenters.